The maximum absolute atomic E-state index is 12.8. The molecule has 2 bridgehead atoms. The van der Waals surface area contributed by atoms with E-state index in [9.17, 15) is 4.79 Å². The molecule has 2 aromatic rings. The first-order valence-electron chi connectivity index (χ1n) is 10.8. The number of nitrogens with zero attached hydrogens (tertiary/aromatic N) is 1. The number of hydrogen-bond donors (Lipinski definition) is 0. The summed E-state index contributed by atoms with van der Waals surface area (Å²) >= 11 is 0. The van der Waals surface area contributed by atoms with Gasteiger partial charge in [-0.1, -0.05) is 36.8 Å². The minimum Gasteiger partial charge on any atom is -0.426 e. The summed E-state index contributed by atoms with van der Waals surface area (Å²) in [5.74, 6) is 2.83. The van der Waals surface area contributed by atoms with Gasteiger partial charge in [0.1, 0.15) is 5.75 Å². The lowest BCUT2D eigenvalue weighted by atomic mass is 9.86. The molecule has 3 atom stereocenters. The summed E-state index contributed by atoms with van der Waals surface area (Å²) in [5, 5.41) is 2.37. The third-order valence-corrected chi connectivity index (χ3v) is 7.02. The molecular formula is C24H29NO3. The van der Waals surface area contributed by atoms with Crippen LogP contribution in [-0.2, 0) is 16.1 Å². The molecule has 148 valence electrons. The Bertz CT molecular complexity index is 858. The molecule has 4 nitrogen and oxygen atoms in total. The van der Waals surface area contributed by atoms with Crippen molar-refractivity contribution in [2.45, 2.75) is 38.6 Å². The molecule has 2 saturated carbocycles. The van der Waals surface area contributed by atoms with Crippen LogP contribution >= 0.6 is 0 Å². The molecule has 2 aromatic carbocycles. The number of hydrogen-bond acceptors (Lipinski definition) is 4. The molecule has 0 spiro atoms. The van der Waals surface area contributed by atoms with Crippen LogP contribution in [0, 0.1) is 17.8 Å². The average molecular weight is 380 g/mol. The molecule has 4 heteroatoms. The lowest BCUT2D eigenvalue weighted by Gasteiger charge is -2.28. The molecule has 0 radical (unpaired) electrons. The summed E-state index contributed by atoms with van der Waals surface area (Å²) in [7, 11) is 0. The Morgan fingerprint density at radius 2 is 1.93 bits per heavy atom. The van der Waals surface area contributed by atoms with Crippen molar-refractivity contribution < 1.29 is 14.3 Å². The van der Waals surface area contributed by atoms with Gasteiger partial charge in [-0.3, -0.25) is 9.69 Å². The van der Waals surface area contributed by atoms with Gasteiger partial charge in [-0.15, -0.1) is 0 Å². The largest absolute Gasteiger partial charge is 0.426 e. The van der Waals surface area contributed by atoms with Gasteiger partial charge in [-0.25, -0.2) is 0 Å². The quantitative estimate of drug-likeness (QED) is 0.570. The van der Waals surface area contributed by atoms with Gasteiger partial charge in [-0.2, -0.15) is 0 Å². The first kappa shape index (κ1) is 18.1. The number of carbonyl (C=O) groups excluding carboxylic acids is 1. The van der Waals surface area contributed by atoms with Crippen LogP contribution in [0.25, 0.3) is 10.8 Å². The molecule has 0 unspecified atom stereocenters. The van der Waals surface area contributed by atoms with Crippen molar-refractivity contribution >= 4 is 16.7 Å². The van der Waals surface area contributed by atoms with Gasteiger partial charge in [0.2, 0.25) is 0 Å². The van der Waals surface area contributed by atoms with Crippen LogP contribution in [0.15, 0.2) is 36.4 Å². The number of morpholine rings is 1. The summed E-state index contributed by atoms with van der Waals surface area (Å²) in [5.41, 5.74) is 1.13. The van der Waals surface area contributed by atoms with Crippen molar-refractivity contribution in [3.05, 3.63) is 42.0 Å². The number of benzene rings is 2. The highest BCUT2D eigenvalue weighted by Gasteiger charge is 2.40. The van der Waals surface area contributed by atoms with Crippen LogP contribution < -0.4 is 4.74 Å². The Balaban J connectivity index is 1.36. The molecule has 1 saturated heterocycles. The number of ether oxygens (including phenoxy) is 2. The zero-order valence-corrected chi connectivity index (χ0v) is 16.4. The van der Waals surface area contributed by atoms with E-state index in [2.05, 4.69) is 35.2 Å². The highest BCUT2D eigenvalue weighted by molar-refractivity contribution is 5.88. The lowest BCUT2D eigenvalue weighted by molar-refractivity contribution is -0.135. The summed E-state index contributed by atoms with van der Waals surface area (Å²) in [6, 6.07) is 12.4. The van der Waals surface area contributed by atoms with Gasteiger partial charge in [0.15, 0.2) is 0 Å². The lowest BCUT2D eigenvalue weighted by Crippen LogP contribution is -2.35. The Labute approximate surface area is 166 Å². The predicted molar refractivity (Wildman–Crippen MR) is 109 cm³/mol. The van der Waals surface area contributed by atoms with E-state index in [4.69, 9.17) is 9.47 Å². The summed E-state index contributed by atoms with van der Waals surface area (Å²) in [6.07, 6.45) is 5.80. The van der Waals surface area contributed by atoms with Gasteiger partial charge in [0.05, 0.1) is 13.2 Å². The van der Waals surface area contributed by atoms with Crippen LogP contribution in [0.2, 0.25) is 0 Å². The van der Waals surface area contributed by atoms with E-state index in [1.54, 1.807) is 0 Å². The van der Waals surface area contributed by atoms with E-state index in [0.717, 1.165) is 56.0 Å². The Kier molecular flexibility index (Phi) is 5.08. The Morgan fingerprint density at radius 3 is 2.71 bits per heavy atom. The zero-order valence-electron chi connectivity index (χ0n) is 16.4. The molecule has 1 aliphatic heterocycles. The molecule has 3 fully saturated rings. The van der Waals surface area contributed by atoms with Crippen molar-refractivity contribution in [1.29, 1.82) is 0 Å². The number of rotatable bonds is 5. The molecular weight excluding hydrogens is 350 g/mol. The van der Waals surface area contributed by atoms with Gasteiger partial charge in [-0.05, 0) is 53.9 Å². The Morgan fingerprint density at radius 1 is 1.07 bits per heavy atom. The molecule has 0 amide bonds. The highest BCUT2D eigenvalue weighted by Crippen LogP contribution is 2.49. The average Bonchev–Trinajstić information content (AvgIpc) is 3.34. The van der Waals surface area contributed by atoms with Crippen molar-refractivity contribution in [2.24, 2.45) is 17.8 Å². The third-order valence-electron chi connectivity index (χ3n) is 7.02. The highest BCUT2D eigenvalue weighted by atomic mass is 16.5. The molecule has 3 aliphatic rings. The smallest absolute Gasteiger partial charge is 0.311 e. The normalized spacial score (nSPS) is 27.4. The maximum atomic E-state index is 12.8. The SMILES string of the molecule is O=C(C[C@@H]1C[C@H]2CC[C@H]1C2)Oc1ccc2ccccc2c1CN1CCOCC1. The first-order chi connectivity index (χ1) is 13.8. The van der Waals surface area contributed by atoms with Gasteiger partial charge in [0, 0.05) is 31.6 Å². The predicted octanol–water partition coefficient (Wildman–Crippen LogP) is 4.40. The molecule has 2 aliphatic carbocycles. The van der Waals surface area contributed by atoms with Gasteiger partial charge < -0.3 is 9.47 Å². The van der Waals surface area contributed by atoms with E-state index >= 15 is 0 Å². The number of fused-ring (bicyclic) bond motifs is 3. The molecule has 1 heterocycles. The summed E-state index contributed by atoms with van der Waals surface area (Å²) < 4.78 is 11.5. The molecule has 28 heavy (non-hydrogen) atoms. The van der Waals surface area contributed by atoms with Crippen LogP contribution in [0.4, 0.5) is 0 Å². The van der Waals surface area contributed by atoms with Crippen LogP contribution in [0.3, 0.4) is 0 Å². The number of esters is 1. The van der Waals surface area contributed by atoms with E-state index in [0.29, 0.717) is 12.3 Å². The fourth-order valence-corrected chi connectivity index (χ4v) is 5.56. The second-order valence-electron chi connectivity index (χ2n) is 8.77. The molecule has 5 rings (SSSR count). The van der Waals surface area contributed by atoms with Crippen LogP contribution in [0.1, 0.15) is 37.7 Å². The second-order valence-corrected chi connectivity index (χ2v) is 8.77. The van der Waals surface area contributed by atoms with Gasteiger partial charge in [0.25, 0.3) is 0 Å². The first-order valence-corrected chi connectivity index (χ1v) is 10.8. The minimum atomic E-state index is -0.0592. The van der Waals surface area contributed by atoms with Crippen LogP contribution in [-0.4, -0.2) is 37.2 Å². The fraction of sp³-hybridized carbons (Fsp3) is 0.542. The standard InChI is InChI=1S/C24H29NO3/c26-24(15-20-14-17-5-6-19(20)13-17)28-23-8-7-18-3-1-2-4-21(18)22(23)16-25-9-11-27-12-10-25/h1-4,7-8,17,19-20H,5-6,9-16H2/t17-,19-,20-/m0/s1. The van der Waals surface area contributed by atoms with E-state index in [-0.39, 0.29) is 5.97 Å². The van der Waals surface area contributed by atoms with E-state index in [1.165, 1.54) is 36.5 Å². The van der Waals surface area contributed by atoms with Gasteiger partial charge >= 0.3 is 5.97 Å². The fourth-order valence-electron chi connectivity index (χ4n) is 5.56. The van der Waals surface area contributed by atoms with E-state index in [1.807, 2.05) is 6.07 Å². The Hall–Kier alpha value is -1.91. The molecule has 0 N–H and O–H groups in total. The summed E-state index contributed by atoms with van der Waals surface area (Å²) in [6.45, 7) is 4.17. The van der Waals surface area contributed by atoms with Crippen molar-refractivity contribution in [2.75, 3.05) is 26.3 Å². The second kappa shape index (κ2) is 7.84. The van der Waals surface area contributed by atoms with Crippen molar-refractivity contribution in [3.8, 4) is 5.75 Å². The van der Waals surface area contributed by atoms with Crippen LogP contribution in [0.5, 0.6) is 5.75 Å². The van der Waals surface area contributed by atoms with E-state index < -0.39 is 0 Å². The van der Waals surface area contributed by atoms with Crippen molar-refractivity contribution in [3.63, 3.8) is 0 Å². The molecule has 0 aromatic heterocycles. The maximum Gasteiger partial charge on any atom is 0.311 e. The topological polar surface area (TPSA) is 38.8 Å². The number of carbonyl (C=O) groups is 1. The third kappa shape index (κ3) is 3.68. The zero-order chi connectivity index (χ0) is 18.9. The monoisotopic (exact) mass is 379 g/mol. The minimum absolute atomic E-state index is 0.0592. The summed E-state index contributed by atoms with van der Waals surface area (Å²) in [4.78, 5) is 15.2. The van der Waals surface area contributed by atoms with Crippen molar-refractivity contribution in [1.82, 2.24) is 4.90 Å².